The number of carbonyl (C=O) groups is 1. The second kappa shape index (κ2) is 3.84. The third-order valence-corrected chi connectivity index (χ3v) is 3.27. The molecule has 1 aromatic carbocycles. The van der Waals surface area contributed by atoms with Crippen molar-refractivity contribution >= 4 is 28.5 Å². The van der Waals surface area contributed by atoms with Crippen molar-refractivity contribution in [3.8, 4) is 0 Å². The van der Waals surface area contributed by atoms with Crippen LogP contribution in [0.1, 0.15) is 17.9 Å². The molecule has 1 unspecified atom stereocenters. The molecule has 1 saturated heterocycles. The lowest BCUT2D eigenvalue weighted by atomic mass is 9.98. The second-order valence-electron chi connectivity index (χ2n) is 3.38. The van der Waals surface area contributed by atoms with Gasteiger partial charge in [0.15, 0.2) is 0 Å². The van der Waals surface area contributed by atoms with E-state index in [0.29, 0.717) is 16.5 Å². The van der Waals surface area contributed by atoms with Gasteiger partial charge < -0.3 is 5.32 Å². The Labute approximate surface area is 95.0 Å². The molecule has 4 heteroatoms. The number of nitrogens with one attached hydrogen (secondary N) is 1. The van der Waals surface area contributed by atoms with E-state index in [1.165, 1.54) is 6.07 Å². The van der Waals surface area contributed by atoms with Gasteiger partial charge in [-0.05, 0) is 40.3 Å². The molecule has 1 aliphatic rings. The molecule has 1 heterocycles. The second-order valence-corrected chi connectivity index (χ2v) is 4.54. The molecule has 1 aliphatic heterocycles. The smallest absolute Gasteiger partial charge is 0.220 e. The summed E-state index contributed by atoms with van der Waals surface area (Å²) in [5.74, 6) is -0.0228. The van der Waals surface area contributed by atoms with E-state index < -0.39 is 0 Å². The zero-order chi connectivity index (χ0) is 10.1. The number of rotatable bonds is 1. The molecule has 0 radical (unpaired) electrons. The fraction of sp³-hybridized carbons (Fsp3) is 0.300. The predicted molar refractivity (Wildman–Crippen MR) is 59.5 cm³/mol. The molecule has 0 saturated carbocycles. The summed E-state index contributed by atoms with van der Waals surface area (Å²) < 4.78 is 13.8. The Morgan fingerprint density at radius 3 is 2.86 bits per heavy atom. The minimum atomic E-state index is -0.206. The van der Waals surface area contributed by atoms with Crippen LogP contribution in [0.2, 0.25) is 0 Å². The van der Waals surface area contributed by atoms with Crippen molar-refractivity contribution in [2.45, 2.75) is 12.3 Å². The normalized spacial score (nSPS) is 21.0. The first-order valence-electron chi connectivity index (χ1n) is 4.38. The van der Waals surface area contributed by atoms with Gasteiger partial charge in [0.25, 0.3) is 0 Å². The lowest BCUT2D eigenvalue weighted by Gasteiger charge is -2.07. The van der Waals surface area contributed by atoms with E-state index in [1.807, 2.05) is 28.7 Å². The van der Waals surface area contributed by atoms with Crippen molar-refractivity contribution in [3.63, 3.8) is 0 Å². The first-order valence-corrected chi connectivity index (χ1v) is 5.46. The Morgan fingerprint density at radius 1 is 1.50 bits per heavy atom. The number of benzene rings is 1. The molecule has 0 aromatic heterocycles. The number of halogens is 2. The van der Waals surface area contributed by atoms with Gasteiger partial charge in [-0.15, -0.1) is 0 Å². The fourth-order valence-corrected chi connectivity index (χ4v) is 1.94. The number of carbonyl (C=O) groups excluding carboxylic acids is 1. The van der Waals surface area contributed by atoms with Gasteiger partial charge in [0.2, 0.25) is 5.91 Å². The van der Waals surface area contributed by atoms with Gasteiger partial charge in [-0.3, -0.25) is 4.79 Å². The zero-order valence-electron chi connectivity index (χ0n) is 7.39. The van der Waals surface area contributed by atoms with Crippen LogP contribution in [0.25, 0.3) is 0 Å². The third kappa shape index (κ3) is 1.89. The van der Waals surface area contributed by atoms with Crippen molar-refractivity contribution in [1.29, 1.82) is 0 Å². The first kappa shape index (κ1) is 9.89. The molecule has 2 rings (SSSR count). The maximum absolute atomic E-state index is 13.2. The van der Waals surface area contributed by atoms with Gasteiger partial charge >= 0.3 is 0 Å². The van der Waals surface area contributed by atoms with Crippen LogP contribution in [0.5, 0.6) is 0 Å². The first-order chi connectivity index (χ1) is 6.66. The minimum absolute atomic E-state index is 0.0500. The summed E-state index contributed by atoms with van der Waals surface area (Å²) in [5, 5.41) is 2.74. The molecular formula is C10H9FINO. The molecule has 1 amide bonds. The van der Waals surface area contributed by atoms with Crippen LogP contribution in [-0.2, 0) is 4.79 Å². The molecule has 1 N–H and O–H groups in total. The molecule has 1 atom stereocenters. The van der Waals surface area contributed by atoms with Gasteiger partial charge in [-0.25, -0.2) is 4.39 Å². The van der Waals surface area contributed by atoms with E-state index in [1.54, 1.807) is 6.07 Å². The van der Waals surface area contributed by atoms with Gasteiger partial charge in [0.05, 0.1) is 0 Å². The van der Waals surface area contributed by atoms with Crippen LogP contribution in [-0.4, -0.2) is 12.5 Å². The standard InChI is InChI=1S/C10H9FINO/c11-8-3-6(1-2-9(8)12)7-4-10(14)13-5-7/h1-3,7H,4-5H2,(H,13,14). The Morgan fingerprint density at radius 2 is 2.29 bits per heavy atom. The highest BCUT2D eigenvalue weighted by Gasteiger charge is 2.23. The predicted octanol–water partition coefficient (Wildman–Crippen LogP) is 2.03. The van der Waals surface area contributed by atoms with E-state index in [4.69, 9.17) is 0 Å². The summed E-state index contributed by atoms with van der Waals surface area (Å²) in [4.78, 5) is 11.0. The lowest BCUT2D eigenvalue weighted by Crippen LogP contribution is -2.13. The molecule has 14 heavy (non-hydrogen) atoms. The Bertz CT molecular complexity index is 380. The monoisotopic (exact) mass is 305 g/mol. The van der Waals surface area contributed by atoms with Gasteiger partial charge in [0.1, 0.15) is 5.82 Å². The molecule has 1 fully saturated rings. The van der Waals surface area contributed by atoms with Gasteiger partial charge in [-0.1, -0.05) is 6.07 Å². The number of amides is 1. The molecule has 1 aromatic rings. The molecule has 0 spiro atoms. The van der Waals surface area contributed by atoms with Gasteiger partial charge in [0, 0.05) is 22.5 Å². The summed E-state index contributed by atoms with van der Waals surface area (Å²) in [7, 11) is 0. The van der Waals surface area contributed by atoms with Crippen molar-refractivity contribution in [3.05, 3.63) is 33.1 Å². The maximum Gasteiger partial charge on any atom is 0.220 e. The topological polar surface area (TPSA) is 29.1 Å². The molecular weight excluding hydrogens is 296 g/mol. The Balaban J connectivity index is 2.24. The summed E-state index contributed by atoms with van der Waals surface area (Å²) in [6.07, 6.45) is 0.472. The highest BCUT2D eigenvalue weighted by molar-refractivity contribution is 14.1. The molecule has 2 nitrogen and oxygen atoms in total. The van der Waals surface area contributed by atoms with Crippen molar-refractivity contribution in [2.75, 3.05) is 6.54 Å². The fourth-order valence-electron chi connectivity index (χ4n) is 1.61. The molecule has 0 bridgehead atoms. The van der Waals surface area contributed by atoms with Gasteiger partial charge in [-0.2, -0.15) is 0 Å². The van der Waals surface area contributed by atoms with Crippen molar-refractivity contribution in [2.24, 2.45) is 0 Å². The van der Waals surface area contributed by atoms with E-state index in [9.17, 15) is 9.18 Å². The van der Waals surface area contributed by atoms with Crippen LogP contribution in [0.15, 0.2) is 18.2 Å². The SMILES string of the molecule is O=C1CC(c2ccc(I)c(F)c2)CN1. The number of hydrogen-bond donors (Lipinski definition) is 1. The Kier molecular flexibility index (Phi) is 2.71. The van der Waals surface area contributed by atoms with Crippen LogP contribution in [0.4, 0.5) is 4.39 Å². The molecule has 74 valence electrons. The van der Waals surface area contributed by atoms with E-state index in [-0.39, 0.29) is 17.6 Å². The average Bonchev–Trinajstić information content (AvgIpc) is 2.57. The summed E-state index contributed by atoms with van der Waals surface area (Å²) in [6, 6.07) is 5.15. The molecule has 0 aliphatic carbocycles. The summed E-state index contributed by atoms with van der Waals surface area (Å²) in [6.45, 7) is 0.624. The average molecular weight is 305 g/mol. The summed E-state index contributed by atoms with van der Waals surface area (Å²) in [5.41, 5.74) is 0.904. The highest BCUT2D eigenvalue weighted by atomic mass is 127. The highest BCUT2D eigenvalue weighted by Crippen LogP contribution is 2.24. The maximum atomic E-state index is 13.2. The third-order valence-electron chi connectivity index (χ3n) is 2.39. The number of hydrogen-bond acceptors (Lipinski definition) is 1. The van der Waals surface area contributed by atoms with Crippen LogP contribution >= 0.6 is 22.6 Å². The van der Waals surface area contributed by atoms with Crippen LogP contribution < -0.4 is 5.32 Å². The summed E-state index contributed by atoms with van der Waals surface area (Å²) >= 11 is 1.95. The van der Waals surface area contributed by atoms with Crippen LogP contribution in [0, 0.1) is 9.39 Å². The quantitative estimate of drug-likeness (QED) is 0.790. The van der Waals surface area contributed by atoms with Crippen molar-refractivity contribution in [1.82, 2.24) is 5.32 Å². The zero-order valence-corrected chi connectivity index (χ0v) is 9.55. The Hall–Kier alpha value is -0.650. The van der Waals surface area contributed by atoms with E-state index in [2.05, 4.69) is 5.32 Å². The largest absolute Gasteiger partial charge is 0.355 e. The van der Waals surface area contributed by atoms with E-state index in [0.717, 1.165) is 5.56 Å². The minimum Gasteiger partial charge on any atom is -0.355 e. The van der Waals surface area contributed by atoms with Crippen LogP contribution in [0.3, 0.4) is 0 Å². The van der Waals surface area contributed by atoms with Crippen molar-refractivity contribution < 1.29 is 9.18 Å². The lowest BCUT2D eigenvalue weighted by molar-refractivity contribution is -0.119. The van der Waals surface area contributed by atoms with E-state index >= 15 is 0 Å².